The SMILES string of the molecule is O=C(Nc1ccnc(N2CCC2)c1)c1n[nH]c2ccc(-c3cncc(CN4CCC(F)(F)C4)c3)cc12. The largest absolute Gasteiger partial charge is 0.356 e. The van der Waals surface area contributed by atoms with Crippen LogP contribution in [0.5, 0.6) is 0 Å². The van der Waals surface area contributed by atoms with Gasteiger partial charge in [-0.3, -0.25) is 19.8 Å². The van der Waals surface area contributed by atoms with Gasteiger partial charge in [-0.1, -0.05) is 6.07 Å². The Balaban J connectivity index is 1.23. The Morgan fingerprint density at radius 1 is 1.08 bits per heavy atom. The number of rotatable bonds is 6. The van der Waals surface area contributed by atoms with E-state index in [9.17, 15) is 13.6 Å². The van der Waals surface area contributed by atoms with Gasteiger partial charge in [-0.05, 0) is 41.8 Å². The van der Waals surface area contributed by atoms with Crippen molar-refractivity contribution in [2.45, 2.75) is 25.3 Å². The van der Waals surface area contributed by atoms with E-state index >= 15 is 0 Å². The van der Waals surface area contributed by atoms with Gasteiger partial charge in [0.2, 0.25) is 0 Å². The third-order valence-electron chi connectivity index (χ3n) is 6.74. The second-order valence-corrected chi connectivity index (χ2v) is 9.43. The number of hydrogen-bond acceptors (Lipinski definition) is 6. The molecule has 0 spiro atoms. The number of halogens is 2. The maximum Gasteiger partial charge on any atom is 0.276 e. The molecule has 0 bridgehead atoms. The van der Waals surface area contributed by atoms with Crippen LogP contribution >= 0.6 is 0 Å². The number of nitrogens with zero attached hydrogens (tertiary/aromatic N) is 5. The number of H-pyrrole nitrogens is 1. The monoisotopic (exact) mass is 489 g/mol. The summed E-state index contributed by atoms with van der Waals surface area (Å²) in [5, 5.41) is 10.8. The van der Waals surface area contributed by atoms with Crippen LogP contribution in [0.25, 0.3) is 22.0 Å². The third kappa shape index (κ3) is 4.51. The Kier molecular flexibility index (Phi) is 5.60. The molecule has 2 N–H and O–H groups in total. The van der Waals surface area contributed by atoms with Crippen LogP contribution in [0.2, 0.25) is 0 Å². The summed E-state index contributed by atoms with van der Waals surface area (Å²) < 4.78 is 27.1. The topological polar surface area (TPSA) is 90.0 Å². The number of fused-ring (bicyclic) bond motifs is 1. The lowest BCUT2D eigenvalue weighted by Gasteiger charge is -2.32. The Morgan fingerprint density at radius 2 is 1.97 bits per heavy atom. The summed E-state index contributed by atoms with van der Waals surface area (Å²) in [5.41, 5.74) is 4.27. The molecule has 0 aliphatic carbocycles. The molecule has 8 nitrogen and oxygen atoms in total. The molecule has 1 aromatic carbocycles. The minimum absolute atomic E-state index is 0.110. The fourth-order valence-corrected chi connectivity index (χ4v) is 4.70. The van der Waals surface area contributed by atoms with E-state index in [-0.39, 0.29) is 24.6 Å². The highest BCUT2D eigenvalue weighted by Crippen LogP contribution is 2.30. The molecule has 2 aliphatic heterocycles. The normalized spacial score (nSPS) is 17.3. The average Bonchev–Trinajstić information content (AvgIpc) is 3.40. The van der Waals surface area contributed by atoms with Crippen molar-refractivity contribution in [3.8, 4) is 11.1 Å². The molecule has 6 rings (SSSR count). The number of aromatic amines is 1. The summed E-state index contributed by atoms with van der Waals surface area (Å²) in [4.78, 5) is 25.7. The van der Waals surface area contributed by atoms with E-state index in [1.54, 1.807) is 29.6 Å². The van der Waals surface area contributed by atoms with Crippen molar-refractivity contribution in [3.63, 3.8) is 0 Å². The number of anilines is 2. The first-order chi connectivity index (χ1) is 17.4. The van der Waals surface area contributed by atoms with Gasteiger partial charge in [0.15, 0.2) is 5.69 Å². The zero-order chi connectivity index (χ0) is 24.7. The van der Waals surface area contributed by atoms with Crippen molar-refractivity contribution in [3.05, 3.63) is 66.2 Å². The van der Waals surface area contributed by atoms with Crippen LogP contribution in [0.3, 0.4) is 0 Å². The fraction of sp³-hybridized carbons (Fsp3) is 0.308. The minimum atomic E-state index is -2.62. The van der Waals surface area contributed by atoms with Gasteiger partial charge in [-0.2, -0.15) is 5.10 Å². The highest BCUT2D eigenvalue weighted by Gasteiger charge is 2.37. The smallest absolute Gasteiger partial charge is 0.276 e. The predicted molar refractivity (Wildman–Crippen MR) is 133 cm³/mol. The van der Waals surface area contributed by atoms with Gasteiger partial charge in [-0.15, -0.1) is 0 Å². The lowest BCUT2D eigenvalue weighted by Crippen LogP contribution is -2.37. The van der Waals surface area contributed by atoms with Gasteiger partial charge in [0.05, 0.1) is 12.1 Å². The minimum Gasteiger partial charge on any atom is -0.356 e. The van der Waals surface area contributed by atoms with Gasteiger partial charge >= 0.3 is 0 Å². The molecule has 2 saturated heterocycles. The molecule has 2 aliphatic rings. The molecule has 0 atom stereocenters. The van der Waals surface area contributed by atoms with Crippen LogP contribution in [0.15, 0.2) is 55.0 Å². The molecule has 1 amide bonds. The lowest BCUT2D eigenvalue weighted by molar-refractivity contribution is 0.0115. The summed E-state index contributed by atoms with van der Waals surface area (Å²) in [5.74, 6) is -2.10. The Morgan fingerprint density at radius 3 is 2.75 bits per heavy atom. The maximum atomic E-state index is 13.6. The third-order valence-corrected chi connectivity index (χ3v) is 6.74. The number of pyridine rings is 2. The van der Waals surface area contributed by atoms with Crippen molar-refractivity contribution >= 4 is 28.3 Å². The van der Waals surface area contributed by atoms with Crippen LogP contribution < -0.4 is 10.2 Å². The molecule has 2 fully saturated rings. The van der Waals surface area contributed by atoms with Gasteiger partial charge in [0.25, 0.3) is 11.8 Å². The molecular weight excluding hydrogens is 464 g/mol. The number of benzene rings is 1. The molecule has 184 valence electrons. The van der Waals surface area contributed by atoms with E-state index in [0.29, 0.717) is 24.2 Å². The number of hydrogen-bond donors (Lipinski definition) is 2. The van der Waals surface area contributed by atoms with Crippen molar-refractivity contribution in [2.24, 2.45) is 0 Å². The van der Waals surface area contributed by atoms with Gasteiger partial charge in [-0.25, -0.2) is 13.8 Å². The first kappa shape index (κ1) is 22.5. The number of likely N-dealkylation sites (tertiary alicyclic amines) is 1. The van der Waals surface area contributed by atoms with Crippen molar-refractivity contribution in [1.29, 1.82) is 0 Å². The fourth-order valence-electron chi connectivity index (χ4n) is 4.70. The standard InChI is InChI=1S/C26H25F2N7O/c27-26(28)5-9-34(16-26)15-17-10-19(14-29-13-17)18-2-3-22-21(11-18)24(33-32-22)25(36)31-20-4-6-30-23(12-20)35-7-1-8-35/h2-4,6,10-14H,1,5,7-9,15-16H2,(H,32,33)(H,30,31,36). The Bertz CT molecular complexity index is 1430. The van der Waals surface area contributed by atoms with E-state index in [2.05, 4.69) is 30.4 Å². The second-order valence-electron chi connectivity index (χ2n) is 9.43. The molecule has 36 heavy (non-hydrogen) atoms. The summed E-state index contributed by atoms with van der Waals surface area (Å²) >= 11 is 0. The molecule has 4 aromatic rings. The second kappa shape index (κ2) is 8.94. The number of alkyl halides is 2. The molecule has 5 heterocycles. The van der Waals surface area contributed by atoms with E-state index in [4.69, 9.17) is 0 Å². The summed E-state index contributed by atoms with van der Waals surface area (Å²) in [6, 6.07) is 11.3. The van der Waals surface area contributed by atoms with Crippen LogP contribution in [0.1, 0.15) is 28.9 Å². The summed E-state index contributed by atoms with van der Waals surface area (Å²) in [6.45, 7) is 2.50. The number of carbonyl (C=O) groups excluding carboxylic acids is 1. The summed E-state index contributed by atoms with van der Waals surface area (Å²) in [6.07, 6.45) is 6.16. The average molecular weight is 490 g/mol. The van der Waals surface area contributed by atoms with Crippen LogP contribution in [-0.4, -0.2) is 63.1 Å². The maximum absolute atomic E-state index is 13.6. The molecular formula is C26H25F2N7O. The van der Waals surface area contributed by atoms with E-state index in [1.165, 1.54) is 0 Å². The number of amides is 1. The quantitative estimate of drug-likeness (QED) is 0.419. The number of aromatic nitrogens is 4. The molecule has 0 saturated carbocycles. The molecule has 3 aromatic heterocycles. The zero-order valence-corrected chi connectivity index (χ0v) is 19.5. The predicted octanol–water partition coefficient (Wildman–Crippen LogP) is 4.32. The van der Waals surface area contributed by atoms with E-state index < -0.39 is 5.92 Å². The molecule has 0 radical (unpaired) electrons. The number of carbonyl (C=O) groups is 1. The van der Waals surface area contributed by atoms with E-state index in [1.807, 2.05) is 30.3 Å². The van der Waals surface area contributed by atoms with Crippen molar-refractivity contribution < 1.29 is 13.6 Å². The number of nitrogens with one attached hydrogen (secondary N) is 2. The lowest BCUT2D eigenvalue weighted by atomic mass is 10.0. The molecule has 10 heteroatoms. The first-order valence-corrected chi connectivity index (χ1v) is 12.0. The Labute approximate surface area is 206 Å². The Hall–Kier alpha value is -3.92. The van der Waals surface area contributed by atoms with Crippen LogP contribution in [0.4, 0.5) is 20.3 Å². The van der Waals surface area contributed by atoms with Gasteiger partial charge < -0.3 is 10.2 Å². The first-order valence-electron chi connectivity index (χ1n) is 12.0. The van der Waals surface area contributed by atoms with Gasteiger partial charge in [0, 0.05) is 73.9 Å². The molecule has 0 unspecified atom stereocenters. The van der Waals surface area contributed by atoms with Gasteiger partial charge in [0.1, 0.15) is 5.82 Å². The summed E-state index contributed by atoms with van der Waals surface area (Å²) in [7, 11) is 0. The highest BCUT2D eigenvalue weighted by molar-refractivity contribution is 6.11. The van der Waals surface area contributed by atoms with E-state index in [0.717, 1.165) is 47.5 Å². The van der Waals surface area contributed by atoms with Crippen LogP contribution in [-0.2, 0) is 6.54 Å². The highest BCUT2D eigenvalue weighted by atomic mass is 19.3. The van der Waals surface area contributed by atoms with Crippen LogP contribution in [0, 0.1) is 0 Å². The van der Waals surface area contributed by atoms with Crippen molar-refractivity contribution in [2.75, 3.05) is 36.4 Å². The van der Waals surface area contributed by atoms with Crippen molar-refractivity contribution in [1.82, 2.24) is 25.1 Å². The zero-order valence-electron chi connectivity index (χ0n) is 19.5.